The second-order valence-electron chi connectivity index (χ2n) is 12.3. The van der Waals surface area contributed by atoms with Crippen molar-refractivity contribution in [1.29, 1.82) is 0 Å². The molecule has 44 heavy (non-hydrogen) atoms. The van der Waals surface area contributed by atoms with Gasteiger partial charge in [0.1, 0.15) is 29.0 Å². The number of ether oxygens (including phenoxy) is 2. The highest BCUT2D eigenvalue weighted by Crippen LogP contribution is 2.29. The van der Waals surface area contributed by atoms with Crippen LogP contribution in [0.1, 0.15) is 80.4 Å². The molecule has 0 bridgehead atoms. The first-order valence-corrected chi connectivity index (χ1v) is 15.1. The van der Waals surface area contributed by atoms with Crippen LogP contribution in [0.2, 0.25) is 0 Å². The van der Waals surface area contributed by atoms with Crippen LogP contribution in [0.15, 0.2) is 83.5 Å². The second kappa shape index (κ2) is 13.3. The number of benzene rings is 3. The van der Waals surface area contributed by atoms with Crippen LogP contribution in [-0.4, -0.2) is 27.6 Å². The minimum Gasteiger partial charge on any atom is -0.493 e. The van der Waals surface area contributed by atoms with E-state index in [1.165, 1.54) is 5.56 Å². The number of aromatic nitrogens is 3. The van der Waals surface area contributed by atoms with E-state index in [-0.39, 0.29) is 17.0 Å². The molecule has 0 aliphatic heterocycles. The first-order valence-electron chi connectivity index (χ1n) is 15.1. The largest absolute Gasteiger partial charge is 0.493 e. The smallest absolute Gasteiger partial charge is 0.270 e. The zero-order valence-corrected chi connectivity index (χ0v) is 26.3. The van der Waals surface area contributed by atoms with Crippen molar-refractivity contribution in [2.75, 3.05) is 6.61 Å². The number of carbonyl (C=O) groups is 1. The summed E-state index contributed by atoms with van der Waals surface area (Å²) in [6.07, 6.45) is 3.21. The van der Waals surface area contributed by atoms with E-state index in [0.29, 0.717) is 36.4 Å². The minimum absolute atomic E-state index is 0.0686. The summed E-state index contributed by atoms with van der Waals surface area (Å²) in [5, 5.41) is 8.73. The van der Waals surface area contributed by atoms with E-state index >= 15 is 0 Å². The fourth-order valence-corrected chi connectivity index (χ4v) is 4.67. The monoisotopic (exact) mass is 592 g/mol. The molecule has 0 saturated carbocycles. The summed E-state index contributed by atoms with van der Waals surface area (Å²) in [5.41, 5.74) is 2.58. The van der Waals surface area contributed by atoms with E-state index in [1.54, 1.807) is 19.2 Å². The van der Waals surface area contributed by atoms with Crippen molar-refractivity contribution in [2.24, 2.45) is 5.92 Å². The fraction of sp³-hybridized carbons (Fsp3) is 0.333. The lowest BCUT2D eigenvalue weighted by Gasteiger charge is -2.19. The molecule has 2 atom stereocenters. The molecule has 8 nitrogen and oxygen atoms in total. The van der Waals surface area contributed by atoms with Gasteiger partial charge in [-0.3, -0.25) is 9.78 Å². The molecule has 3 aromatic carbocycles. The van der Waals surface area contributed by atoms with Gasteiger partial charge in [-0.2, -0.15) is 4.98 Å². The molecule has 228 valence electrons. The topological polar surface area (TPSA) is 99.4 Å². The molecule has 2 heterocycles. The number of nitrogens with zero attached hydrogens (tertiary/aromatic N) is 3. The molecule has 5 rings (SSSR count). The lowest BCUT2D eigenvalue weighted by molar-refractivity contribution is 0.0923. The number of nitrogens with one attached hydrogen (secondary N) is 1. The van der Waals surface area contributed by atoms with Crippen molar-refractivity contribution in [3.8, 4) is 17.2 Å². The third kappa shape index (κ3) is 7.81. The zero-order chi connectivity index (χ0) is 31.3. The Morgan fingerprint density at radius 2 is 1.64 bits per heavy atom. The molecular formula is C36H40N4O4. The van der Waals surface area contributed by atoms with Gasteiger partial charge in [0.05, 0.1) is 6.61 Å². The predicted molar refractivity (Wildman–Crippen MR) is 171 cm³/mol. The molecule has 0 radical (unpaired) electrons. The van der Waals surface area contributed by atoms with Gasteiger partial charge < -0.3 is 19.3 Å². The lowest BCUT2D eigenvalue weighted by Crippen LogP contribution is -2.31. The Morgan fingerprint density at radius 1 is 0.932 bits per heavy atom. The van der Waals surface area contributed by atoms with Crippen molar-refractivity contribution in [1.82, 2.24) is 20.4 Å². The van der Waals surface area contributed by atoms with E-state index in [9.17, 15) is 4.79 Å². The van der Waals surface area contributed by atoms with E-state index in [1.807, 2.05) is 54.6 Å². The molecule has 1 N–H and O–H groups in total. The SMILES string of the molecule is CCC(C)COc1ccc(C[C@H](NC(=O)c2cc3cc(Oc4ccc(C(C)(C)C)cc4)ccc3cn2)c2nc(C)no2)cc1. The summed E-state index contributed by atoms with van der Waals surface area (Å²) >= 11 is 0. The summed E-state index contributed by atoms with van der Waals surface area (Å²) in [4.78, 5) is 22.3. The number of aryl methyl sites for hydroxylation is 1. The standard InChI is InChI=1S/C36H40N4O4/c1-7-23(2)22-42-29-13-8-25(9-14-29)18-33(35-38-24(3)40-44-35)39-34(41)32-20-27-19-31(15-10-26(27)21-37-32)43-30-16-11-28(12-17-30)36(4,5)6/h8-17,19-21,23,33H,7,18,22H2,1-6H3,(H,39,41)/t23?,33-/m0/s1. The number of fused-ring (bicyclic) bond motifs is 1. The first-order chi connectivity index (χ1) is 21.1. The van der Waals surface area contributed by atoms with Gasteiger partial charge in [-0.25, -0.2) is 0 Å². The van der Waals surface area contributed by atoms with Crippen LogP contribution in [0.5, 0.6) is 17.2 Å². The van der Waals surface area contributed by atoms with Gasteiger partial charge in [-0.1, -0.05) is 70.5 Å². The Hall–Kier alpha value is -4.72. The molecule has 1 amide bonds. The van der Waals surface area contributed by atoms with Crippen LogP contribution in [0.4, 0.5) is 0 Å². The number of hydrogen-bond donors (Lipinski definition) is 1. The van der Waals surface area contributed by atoms with Crippen LogP contribution in [-0.2, 0) is 11.8 Å². The van der Waals surface area contributed by atoms with Gasteiger partial charge in [0.2, 0.25) is 5.89 Å². The van der Waals surface area contributed by atoms with Crippen LogP contribution in [0, 0.1) is 12.8 Å². The van der Waals surface area contributed by atoms with E-state index in [0.717, 1.165) is 34.3 Å². The van der Waals surface area contributed by atoms with E-state index in [4.69, 9.17) is 14.0 Å². The molecule has 0 aliphatic carbocycles. The zero-order valence-electron chi connectivity index (χ0n) is 26.3. The molecule has 8 heteroatoms. The molecule has 2 aromatic heterocycles. The molecule has 0 spiro atoms. The second-order valence-corrected chi connectivity index (χ2v) is 12.3. The predicted octanol–water partition coefficient (Wildman–Crippen LogP) is 8.15. The van der Waals surface area contributed by atoms with Crippen LogP contribution >= 0.6 is 0 Å². The van der Waals surface area contributed by atoms with Crippen molar-refractivity contribution in [2.45, 2.75) is 65.8 Å². The average molecular weight is 593 g/mol. The van der Waals surface area contributed by atoms with Crippen LogP contribution < -0.4 is 14.8 Å². The van der Waals surface area contributed by atoms with E-state index < -0.39 is 6.04 Å². The van der Waals surface area contributed by atoms with Gasteiger partial charge in [-0.15, -0.1) is 0 Å². The molecular weight excluding hydrogens is 552 g/mol. The Morgan fingerprint density at radius 3 is 2.30 bits per heavy atom. The summed E-state index contributed by atoms with van der Waals surface area (Å²) in [6.45, 7) is 13.3. The number of amides is 1. The van der Waals surface area contributed by atoms with Gasteiger partial charge in [0, 0.05) is 18.0 Å². The normalized spacial score (nSPS) is 13.0. The van der Waals surface area contributed by atoms with Gasteiger partial charge in [0.25, 0.3) is 5.91 Å². The third-order valence-corrected chi connectivity index (χ3v) is 7.62. The van der Waals surface area contributed by atoms with Crippen molar-refractivity contribution < 1.29 is 18.8 Å². The van der Waals surface area contributed by atoms with Gasteiger partial charge in [0.15, 0.2) is 5.82 Å². The van der Waals surface area contributed by atoms with E-state index in [2.05, 4.69) is 67.2 Å². The Labute approximate surface area is 258 Å². The summed E-state index contributed by atoms with van der Waals surface area (Å²) in [5.74, 6) is 3.22. The van der Waals surface area contributed by atoms with Crippen molar-refractivity contribution in [3.63, 3.8) is 0 Å². The highest BCUT2D eigenvalue weighted by atomic mass is 16.5. The number of hydrogen-bond acceptors (Lipinski definition) is 7. The minimum atomic E-state index is -0.543. The summed E-state index contributed by atoms with van der Waals surface area (Å²) in [7, 11) is 0. The maximum atomic E-state index is 13.5. The highest BCUT2D eigenvalue weighted by molar-refractivity contribution is 5.96. The molecule has 0 aliphatic rings. The maximum absolute atomic E-state index is 13.5. The Bertz CT molecular complexity index is 1710. The van der Waals surface area contributed by atoms with Crippen molar-refractivity contribution in [3.05, 3.63) is 108 Å². The summed E-state index contributed by atoms with van der Waals surface area (Å²) < 4.78 is 17.5. The average Bonchev–Trinajstić information content (AvgIpc) is 3.45. The van der Waals surface area contributed by atoms with Crippen molar-refractivity contribution >= 4 is 16.7 Å². The number of rotatable bonds is 11. The highest BCUT2D eigenvalue weighted by Gasteiger charge is 2.23. The third-order valence-electron chi connectivity index (χ3n) is 7.62. The fourth-order valence-electron chi connectivity index (χ4n) is 4.67. The quantitative estimate of drug-likeness (QED) is 0.165. The molecule has 1 unspecified atom stereocenters. The molecule has 0 saturated heterocycles. The Balaban J connectivity index is 1.31. The maximum Gasteiger partial charge on any atom is 0.270 e. The summed E-state index contributed by atoms with van der Waals surface area (Å²) in [6, 6.07) is 22.9. The molecule has 0 fully saturated rings. The first kappa shape index (κ1) is 30.7. The number of carbonyl (C=O) groups excluding carboxylic acids is 1. The van der Waals surface area contributed by atoms with Crippen LogP contribution in [0.25, 0.3) is 10.8 Å². The lowest BCUT2D eigenvalue weighted by atomic mass is 9.87. The van der Waals surface area contributed by atoms with Crippen LogP contribution in [0.3, 0.4) is 0 Å². The molecule has 5 aromatic rings. The Kier molecular flexibility index (Phi) is 9.28. The number of pyridine rings is 1. The van der Waals surface area contributed by atoms with Gasteiger partial charge in [-0.05, 0) is 83.3 Å². The van der Waals surface area contributed by atoms with Gasteiger partial charge >= 0.3 is 0 Å².